The summed E-state index contributed by atoms with van der Waals surface area (Å²) < 4.78 is 43.0. The van der Waals surface area contributed by atoms with Crippen LogP contribution in [0, 0.1) is 5.92 Å². The highest BCUT2D eigenvalue weighted by atomic mass is 19.4. The number of fused-ring (bicyclic) bond motifs is 1. The summed E-state index contributed by atoms with van der Waals surface area (Å²) in [5, 5.41) is 2.74. The van der Waals surface area contributed by atoms with Crippen molar-refractivity contribution in [3.63, 3.8) is 0 Å². The Morgan fingerprint density at radius 1 is 1.38 bits per heavy atom. The molecule has 0 saturated carbocycles. The van der Waals surface area contributed by atoms with E-state index in [9.17, 15) is 22.8 Å². The van der Waals surface area contributed by atoms with Gasteiger partial charge >= 0.3 is 6.18 Å². The Morgan fingerprint density at radius 3 is 2.88 bits per heavy atom. The van der Waals surface area contributed by atoms with Gasteiger partial charge in [0.2, 0.25) is 5.91 Å². The van der Waals surface area contributed by atoms with E-state index in [1.165, 1.54) is 9.80 Å². The molecule has 9 heteroatoms. The zero-order valence-electron chi connectivity index (χ0n) is 14.3. The number of piperidine rings is 1. The fourth-order valence-corrected chi connectivity index (χ4v) is 3.26. The van der Waals surface area contributed by atoms with E-state index in [1.807, 2.05) is 0 Å². The van der Waals surface area contributed by atoms with Crippen molar-refractivity contribution in [1.82, 2.24) is 4.90 Å². The normalized spacial score (nSPS) is 21.2. The first-order valence-corrected chi connectivity index (χ1v) is 8.36. The van der Waals surface area contributed by atoms with Gasteiger partial charge in [-0.25, -0.2) is 0 Å². The Bertz CT molecular complexity index is 708. The number of hydrogen-bond acceptors (Lipinski definition) is 4. The largest absolute Gasteiger partial charge is 0.482 e. The SMILES string of the molecule is CN1C(=O)COc2ccc(NC(=O)C3CCCN(CC(F)(F)F)C3)cc21. The average Bonchev–Trinajstić information content (AvgIpc) is 2.57. The maximum Gasteiger partial charge on any atom is 0.401 e. The van der Waals surface area contributed by atoms with Crippen LogP contribution in [-0.2, 0) is 9.59 Å². The van der Waals surface area contributed by atoms with Crippen molar-refractivity contribution in [1.29, 1.82) is 0 Å². The topological polar surface area (TPSA) is 61.9 Å². The summed E-state index contributed by atoms with van der Waals surface area (Å²) >= 11 is 0. The second-order valence-corrected chi connectivity index (χ2v) is 6.60. The number of ether oxygens (including phenoxy) is 1. The Hall–Kier alpha value is -2.29. The molecule has 1 atom stereocenters. The van der Waals surface area contributed by atoms with Crippen LogP contribution in [0.5, 0.6) is 5.75 Å². The highest BCUT2D eigenvalue weighted by Crippen LogP contribution is 2.34. The molecular formula is C17H20F3N3O3. The van der Waals surface area contributed by atoms with E-state index in [0.29, 0.717) is 36.5 Å². The maximum absolute atomic E-state index is 12.6. The number of carbonyl (C=O) groups is 2. The Balaban J connectivity index is 1.65. The van der Waals surface area contributed by atoms with Crippen molar-refractivity contribution in [2.24, 2.45) is 5.92 Å². The van der Waals surface area contributed by atoms with Crippen LogP contribution in [0.4, 0.5) is 24.5 Å². The van der Waals surface area contributed by atoms with Gasteiger partial charge in [-0.3, -0.25) is 14.5 Å². The van der Waals surface area contributed by atoms with Crippen LogP contribution in [0.1, 0.15) is 12.8 Å². The fourth-order valence-electron chi connectivity index (χ4n) is 3.26. The van der Waals surface area contributed by atoms with Crippen LogP contribution in [-0.4, -0.2) is 56.2 Å². The number of nitrogens with one attached hydrogen (secondary N) is 1. The van der Waals surface area contributed by atoms with Gasteiger partial charge in [0.25, 0.3) is 5.91 Å². The van der Waals surface area contributed by atoms with E-state index in [0.717, 1.165) is 0 Å². The number of benzene rings is 1. The Labute approximate surface area is 148 Å². The molecule has 1 fully saturated rings. The summed E-state index contributed by atoms with van der Waals surface area (Å²) in [7, 11) is 1.62. The highest BCUT2D eigenvalue weighted by molar-refractivity contribution is 5.99. The van der Waals surface area contributed by atoms with Crippen molar-refractivity contribution in [2.45, 2.75) is 19.0 Å². The number of halogens is 3. The molecular weight excluding hydrogens is 351 g/mol. The van der Waals surface area contributed by atoms with Gasteiger partial charge in [-0.05, 0) is 37.6 Å². The molecule has 0 radical (unpaired) electrons. The molecule has 0 aromatic heterocycles. The van der Waals surface area contributed by atoms with Crippen molar-refractivity contribution in [3.05, 3.63) is 18.2 Å². The molecule has 142 valence electrons. The van der Waals surface area contributed by atoms with E-state index in [-0.39, 0.29) is 25.0 Å². The first kappa shape index (κ1) is 18.5. The van der Waals surface area contributed by atoms with E-state index < -0.39 is 18.6 Å². The third-order valence-electron chi connectivity index (χ3n) is 4.59. The minimum absolute atomic E-state index is 0.0354. The van der Waals surface area contributed by atoms with Crippen molar-refractivity contribution < 1.29 is 27.5 Å². The Morgan fingerprint density at radius 2 is 2.15 bits per heavy atom. The number of carbonyl (C=O) groups excluding carboxylic acids is 2. The summed E-state index contributed by atoms with van der Waals surface area (Å²) in [5.74, 6) is -0.476. The number of rotatable bonds is 3. The minimum atomic E-state index is -4.27. The summed E-state index contributed by atoms with van der Waals surface area (Å²) in [5.41, 5.74) is 1.02. The van der Waals surface area contributed by atoms with Crippen LogP contribution in [0.25, 0.3) is 0 Å². The zero-order chi connectivity index (χ0) is 18.9. The van der Waals surface area contributed by atoms with Gasteiger partial charge in [0.15, 0.2) is 6.61 Å². The number of amides is 2. The van der Waals surface area contributed by atoms with Crippen molar-refractivity contribution in [3.8, 4) is 5.75 Å². The van der Waals surface area contributed by atoms with Crippen LogP contribution < -0.4 is 15.0 Å². The maximum atomic E-state index is 12.6. The molecule has 3 rings (SSSR count). The first-order valence-electron chi connectivity index (χ1n) is 8.36. The van der Waals surface area contributed by atoms with Crippen molar-refractivity contribution in [2.75, 3.05) is 43.5 Å². The predicted molar refractivity (Wildman–Crippen MR) is 89.2 cm³/mol. The summed E-state index contributed by atoms with van der Waals surface area (Å²) in [6.07, 6.45) is -3.18. The van der Waals surface area contributed by atoms with Crippen molar-refractivity contribution >= 4 is 23.2 Å². The standard InChI is InChI=1S/C17H20F3N3O3/c1-22-13-7-12(4-5-14(13)26-9-15(22)24)21-16(25)11-3-2-6-23(8-11)10-17(18,19)20/h4-5,7,11H,2-3,6,8-10H2,1H3,(H,21,25). The summed E-state index contributed by atoms with van der Waals surface area (Å²) in [6, 6.07) is 4.93. The second kappa shape index (κ2) is 7.14. The van der Waals surface area contributed by atoms with Gasteiger partial charge in [0.05, 0.1) is 18.2 Å². The lowest BCUT2D eigenvalue weighted by molar-refractivity contribution is -0.151. The van der Waals surface area contributed by atoms with E-state index in [1.54, 1.807) is 25.2 Å². The summed E-state index contributed by atoms with van der Waals surface area (Å²) in [6.45, 7) is -0.615. The minimum Gasteiger partial charge on any atom is -0.482 e. The molecule has 1 aromatic rings. The lowest BCUT2D eigenvalue weighted by atomic mass is 9.97. The van der Waals surface area contributed by atoms with Gasteiger partial charge in [-0.2, -0.15) is 13.2 Å². The quantitative estimate of drug-likeness (QED) is 0.885. The van der Waals surface area contributed by atoms with Gasteiger partial charge in [0, 0.05) is 19.3 Å². The smallest absolute Gasteiger partial charge is 0.401 e. The molecule has 1 N–H and O–H groups in total. The molecule has 1 saturated heterocycles. The monoisotopic (exact) mass is 371 g/mol. The molecule has 2 amide bonds. The lowest BCUT2D eigenvalue weighted by Gasteiger charge is -2.32. The van der Waals surface area contributed by atoms with Gasteiger partial charge in [-0.15, -0.1) is 0 Å². The molecule has 1 unspecified atom stereocenters. The number of alkyl halides is 3. The van der Waals surface area contributed by atoms with Crippen LogP contribution >= 0.6 is 0 Å². The van der Waals surface area contributed by atoms with E-state index >= 15 is 0 Å². The highest BCUT2D eigenvalue weighted by Gasteiger charge is 2.34. The van der Waals surface area contributed by atoms with Gasteiger partial charge in [-0.1, -0.05) is 0 Å². The molecule has 0 spiro atoms. The third-order valence-corrected chi connectivity index (χ3v) is 4.59. The lowest BCUT2D eigenvalue weighted by Crippen LogP contribution is -2.44. The average molecular weight is 371 g/mol. The number of likely N-dealkylation sites (N-methyl/N-ethyl adjacent to an activating group) is 1. The zero-order valence-corrected chi connectivity index (χ0v) is 14.3. The molecule has 2 aliphatic rings. The number of nitrogens with zero attached hydrogens (tertiary/aromatic N) is 2. The first-order chi connectivity index (χ1) is 12.2. The molecule has 2 heterocycles. The molecule has 0 bridgehead atoms. The summed E-state index contributed by atoms with van der Waals surface area (Å²) in [4.78, 5) is 26.9. The number of anilines is 2. The molecule has 0 aliphatic carbocycles. The van der Waals surface area contributed by atoms with E-state index in [2.05, 4.69) is 5.32 Å². The molecule has 1 aromatic carbocycles. The predicted octanol–water partition coefficient (Wildman–Crippen LogP) is 2.25. The fraction of sp³-hybridized carbons (Fsp3) is 0.529. The molecule has 6 nitrogen and oxygen atoms in total. The van der Waals surface area contributed by atoms with Crippen LogP contribution in [0.15, 0.2) is 18.2 Å². The molecule has 26 heavy (non-hydrogen) atoms. The number of hydrogen-bond donors (Lipinski definition) is 1. The van der Waals surface area contributed by atoms with Crippen LogP contribution in [0.2, 0.25) is 0 Å². The number of likely N-dealkylation sites (tertiary alicyclic amines) is 1. The molecule has 2 aliphatic heterocycles. The second-order valence-electron chi connectivity index (χ2n) is 6.60. The van der Waals surface area contributed by atoms with Gasteiger partial charge < -0.3 is 15.0 Å². The van der Waals surface area contributed by atoms with Crippen LogP contribution in [0.3, 0.4) is 0 Å². The Kier molecular flexibility index (Phi) is 5.08. The van der Waals surface area contributed by atoms with Gasteiger partial charge in [0.1, 0.15) is 5.75 Å². The third kappa shape index (κ3) is 4.27. The van der Waals surface area contributed by atoms with E-state index in [4.69, 9.17) is 4.74 Å².